The molecule has 2 aromatic rings. The minimum atomic E-state index is -4.74. The summed E-state index contributed by atoms with van der Waals surface area (Å²) in [5, 5.41) is 14.3. The molecule has 0 heterocycles. The van der Waals surface area contributed by atoms with Gasteiger partial charge in [-0.25, -0.2) is 0 Å². The molecule has 4 atom stereocenters. The van der Waals surface area contributed by atoms with E-state index in [1.54, 1.807) is 26.4 Å². The Morgan fingerprint density at radius 1 is 0.918 bits per heavy atom. The molecule has 0 aliphatic carbocycles. The number of nitrogens with one attached hydrogen (secondary N) is 1. The lowest BCUT2D eigenvalue weighted by Gasteiger charge is -2.31. The van der Waals surface area contributed by atoms with Crippen LogP contribution in [0.2, 0.25) is 0 Å². The molecule has 0 aromatic heterocycles. The number of rotatable bonds is 21. The van der Waals surface area contributed by atoms with Gasteiger partial charge in [0.25, 0.3) is 0 Å². The first-order valence-electron chi connectivity index (χ1n) is 16.8. The second-order valence-electron chi connectivity index (χ2n) is 14.2. The number of halogens is 4. The summed E-state index contributed by atoms with van der Waals surface area (Å²) >= 11 is 0. The van der Waals surface area contributed by atoms with Gasteiger partial charge in [-0.2, -0.15) is 0 Å². The Bertz CT molecular complexity index is 1240. The molecule has 4 N–H and O–H groups in total. The van der Waals surface area contributed by atoms with Crippen LogP contribution in [0, 0.1) is 29.1 Å². The molecule has 0 saturated carbocycles. The molecule has 0 radical (unpaired) electrons. The number of aliphatic hydroxyl groups is 1. The van der Waals surface area contributed by atoms with E-state index in [1.807, 2.05) is 45.9 Å². The van der Waals surface area contributed by atoms with Crippen molar-refractivity contribution in [2.75, 3.05) is 34.0 Å². The van der Waals surface area contributed by atoms with Gasteiger partial charge in [0.05, 0.1) is 19.8 Å². The summed E-state index contributed by atoms with van der Waals surface area (Å²) < 4.78 is 58.0. The van der Waals surface area contributed by atoms with Crippen molar-refractivity contribution in [1.29, 1.82) is 0 Å². The van der Waals surface area contributed by atoms with Gasteiger partial charge in [-0.15, -0.1) is 25.6 Å². The van der Waals surface area contributed by atoms with E-state index in [2.05, 4.69) is 23.9 Å². The predicted octanol–water partition coefficient (Wildman–Crippen LogP) is 7.37. The summed E-state index contributed by atoms with van der Waals surface area (Å²) in [5.41, 5.74) is 8.13. The molecule has 2 rings (SSSR count). The minimum absolute atomic E-state index is 0. The highest BCUT2D eigenvalue weighted by atomic mass is 35.5. The van der Waals surface area contributed by atoms with Gasteiger partial charge in [0.1, 0.15) is 5.75 Å². The Labute approximate surface area is 297 Å². The third kappa shape index (κ3) is 16.2. The first-order chi connectivity index (χ1) is 22.4. The van der Waals surface area contributed by atoms with Crippen molar-refractivity contribution in [3.05, 3.63) is 53.6 Å². The highest BCUT2D eigenvalue weighted by Gasteiger charge is 2.32. The van der Waals surface area contributed by atoms with E-state index in [9.17, 15) is 23.1 Å². The maximum absolute atomic E-state index is 13.4. The van der Waals surface area contributed by atoms with Crippen LogP contribution in [-0.4, -0.2) is 63.5 Å². The van der Waals surface area contributed by atoms with Crippen LogP contribution in [0.4, 0.5) is 13.2 Å². The quantitative estimate of drug-likeness (QED) is 0.116. The van der Waals surface area contributed by atoms with Crippen LogP contribution >= 0.6 is 12.4 Å². The van der Waals surface area contributed by atoms with E-state index in [1.165, 1.54) is 12.1 Å². The number of alkyl halides is 3. The number of aliphatic hydroxyl groups excluding tert-OH is 1. The Morgan fingerprint density at radius 2 is 1.55 bits per heavy atom. The van der Waals surface area contributed by atoms with Gasteiger partial charge in [0, 0.05) is 38.6 Å². The lowest BCUT2D eigenvalue weighted by molar-refractivity contribution is -0.274. The Morgan fingerprint density at radius 3 is 2.10 bits per heavy atom. The lowest BCUT2D eigenvalue weighted by Crippen LogP contribution is -2.44. The smallest absolute Gasteiger partial charge is 0.493 e. The van der Waals surface area contributed by atoms with Crippen LogP contribution in [0.15, 0.2) is 42.5 Å². The van der Waals surface area contributed by atoms with E-state index in [0.29, 0.717) is 50.0 Å². The molecule has 0 saturated heterocycles. The van der Waals surface area contributed by atoms with Gasteiger partial charge in [0.15, 0.2) is 11.5 Å². The molecule has 0 aliphatic heterocycles. The SMILES string of the molecule is COCCCOc1cc(C[C@@H](C[C@H](N)[C@@H](O)C[C@H](C(=O)NCC(C)(C)Cc2ccc(OC(F)(F)F)cc2)C(C)C)C(C)C)ccc1OC.Cl. The van der Waals surface area contributed by atoms with Crippen LogP contribution in [0.3, 0.4) is 0 Å². The van der Waals surface area contributed by atoms with E-state index >= 15 is 0 Å². The topological polar surface area (TPSA) is 112 Å². The monoisotopic (exact) mass is 718 g/mol. The first-order valence-corrected chi connectivity index (χ1v) is 16.8. The number of methoxy groups -OCH3 is 2. The van der Waals surface area contributed by atoms with Crippen molar-refractivity contribution in [2.24, 2.45) is 34.8 Å². The van der Waals surface area contributed by atoms with E-state index in [4.69, 9.17) is 19.9 Å². The fourth-order valence-electron chi connectivity index (χ4n) is 5.75. The summed E-state index contributed by atoms with van der Waals surface area (Å²) in [6, 6.07) is 11.2. The largest absolute Gasteiger partial charge is 0.573 e. The highest BCUT2D eigenvalue weighted by Crippen LogP contribution is 2.32. The summed E-state index contributed by atoms with van der Waals surface area (Å²) in [7, 11) is 3.27. The maximum Gasteiger partial charge on any atom is 0.573 e. The fourth-order valence-corrected chi connectivity index (χ4v) is 5.75. The van der Waals surface area contributed by atoms with E-state index < -0.39 is 24.4 Å². The normalized spacial score (nSPS) is 14.5. The number of benzene rings is 2. The molecule has 12 heteroatoms. The van der Waals surface area contributed by atoms with Crippen molar-refractivity contribution >= 4 is 18.3 Å². The Hall–Kier alpha value is -2.73. The first kappa shape index (κ1) is 44.3. The zero-order chi connectivity index (χ0) is 36.1. The summed E-state index contributed by atoms with van der Waals surface area (Å²) in [6.45, 7) is 13.6. The third-order valence-electron chi connectivity index (χ3n) is 8.71. The lowest BCUT2D eigenvalue weighted by atomic mass is 9.80. The Balaban J connectivity index is 0.0000120. The summed E-state index contributed by atoms with van der Waals surface area (Å²) in [4.78, 5) is 13.4. The fraction of sp³-hybridized carbons (Fsp3) is 0.649. The van der Waals surface area contributed by atoms with Crippen molar-refractivity contribution < 1.29 is 42.0 Å². The average Bonchev–Trinajstić information content (AvgIpc) is 3.00. The minimum Gasteiger partial charge on any atom is -0.493 e. The molecule has 8 nitrogen and oxygen atoms in total. The van der Waals surface area contributed by atoms with Crippen LogP contribution in [0.25, 0.3) is 0 Å². The van der Waals surface area contributed by atoms with Gasteiger partial charge in [0.2, 0.25) is 5.91 Å². The number of ether oxygens (including phenoxy) is 4. The van der Waals surface area contributed by atoms with E-state index in [0.717, 1.165) is 24.0 Å². The van der Waals surface area contributed by atoms with Crippen molar-refractivity contribution in [3.63, 3.8) is 0 Å². The number of amides is 1. The highest BCUT2D eigenvalue weighted by molar-refractivity contribution is 5.85. The zero-order valence-electron chi connectivity index (χ0n) is 30.3. The zero-order valence-corrected chi connectivity index (χ0v) is 31.1. The summed E-state index contributed by atoms with van der Waals surface area (Å²) in [6.07, 6.45) is -2.75. The molecule has 1 amide bonds. The number of carbonyl (C=O) groups excluding carboxylic acids is 1. The molecular weight excluding hydrogens is 661 g/mol. The average molecular weight is 719 g/mol. The van der Waals surface area contributed by atoms with Crippen LogP contribution in [-0.2, 0) is 22.4 Å². The summed E-state index contributed by atoms with van der Waals surface area (Å²) in [5.74, 6) is 0.926. The molecule has 2 aromatic carbocycles. The molecule has 49 heavy (non-hydrogen) atoms. The maximum atomic E-state index is 13.4. The molecular formula is C37H58ClF3N2O6. The molecule has 0 spiro atoms. The van der Waals surface area contributed by atoms with Crippen molar-refractivity contribution in [3.8, 4) is 17.2 Å². The number of hydrogen-bond acceptors (Lipinski definition) is 7. The van der Waals surface area contributed by atoms with Gasteiger partial charge in [-0.05, 0) is 84.2 Å². The van der Waals surface area contributed by atoms with Crippen LogP contribution < -0.4 is 25.3 Å². The molecule has 0 unspecified atom stereocenters. The van der Waals surface area contributed by atoms with Gasteiger partial charge >= 0.3 is 6.36 Å². The van der Waals surface area contributed by atoms with Crippen molar-refractivity contribution in [2.45, 2.75) is 92.2 Å². The van der Waals surface area contributed by atoms with Crippen molar-refractivity contribution in [1.82, 2.24) is 5.32 Å². The standard InChI is InChI=1S/C37H57F3N2O6.ClH/c1-24(2)28(18-27-12-15-33(46-8)34(19-27)47-17-9-16-45-7)20-31(41)32(43)21-30(25(3)4)35(44)42-23-36(5,6)22-26-10-13-29(14-11-26)48-37(38,39)40;/h10-15,19,24-25,28,30-32,43H,9,16-18,20-23,41H2,1-8H3,(H,42,44);1H/t28-,30-,31-,32-;/m0./s1. The number of carbonyl (C=O) groups is 1. The predicted molar refractivity (Wildman–Crippen MR) is 189 cm³/mol. The second-order valence-corrected chi connectivity index (χ2v) is 14.2. The third-order valence-corrected chi connectivity index (χ3v) is 8.71. The molecule has 0 aliphatic rings. The Kier molecular flexibility index (Phi) is 18.8. The van der Waals surface area contributed by atoms with Gasteiger partial charge in [-0.3, -0.25) is 4.79 Å². The number of hydrogen-bond donors (Lipinski definition) is 3. The molecule has 0 fully saturated rings. The second kappa shape index (κ2) is 20.8. The number of nitrogens with two attached hydrogens (primary N) is 1. The van der Waals surface area contributed by atoms with Crippen LogP contribution in [0.1, 0.15) is 71.9 Å². The molecule has 280 valence electrons. The molecule has 0 bridgehead atoms. The van der Waals surface area contributed by atoms with Gasteiger partial charge in [-0.1, -0.05) is 59.7 Å². The van der Waals surface area contributed by atoms with E-state index in [-0.39, 0.29) is 47.7 Å². The van der Waals surface area contributed by atoms with Gasteiger partial charge < -0.3 is 35.1 Å². The van der Waals surface area contributed by atoms with Crippen LogP contribution in [0.5, 0.6) is 17.2 Å².